The van der Waals surface area contributed by atoms with E-state index in [-0.39, 0.29) is 23.1 Å². The molecule has 0 bridgehead atoms. The minimum absolute atomic E-state index is 0.0557. The number of anilines is 1. The Bertz CT molecular complexity index is 1730. The lowest BCUT2D eigenvalue weighted by molar-refractivity contribution is 0.0984. The van der Waals surface area contributed by atoms with Gasteiger partial charge in [0.25, 0.3) is 5.91 Å². The summed E-state index contributed by atoms with van der Waals surface area (Å²) in [5.41, 5.74) is 6.42. The van der Waals surface area contributed by atoms with Crippen molar-refractivity contribution >= 4 is 48.3 Å². The number of hydrogen-bond acceptors (Lipinski definition) is 6. The van der Waals surface area contributed by atoms with E-state index in [9.17, 15) is 13.2 Å². The summed E-state index contributed by atoms with van der Waals surface area (Å²) in [5.74, 6) is 0.251. The predicted octanol–water partition coefficient (Wildman–Crippen LogP) is 5.48. The number of hydrogen-bond donors (Lipinski definition) is 0. The van der Waals surface area contributed by atoms with Crippen LogP contribution in [0.2, 0.25) is 0 Å². The number of pyridine rings is 2. The van der Waals surface area contributed by atoms with Gasteiger partial charge < -0.3 is 9.64 Å². The van der Waals surface area contributed by atoms with Crippen LogP contribution in [0.15, 0.2) is 64.2 Å². The number of nitrogens with zero attached hydrogens (tertiary/aromatic N) is 3. The zero-order valence-corrected chi connectivity index (χ0v) is 22.9. The average molecular weight is 590 g/mol. The van der Waals surface area contributed by atoms with E-state index >= 15 is 0 Å². The van der Waals surface area contributed by atoms with E-state index in [1.165, 1.54) is 0 Å². The smallest absolute Gasteiger partial charge is 0.260 e. The summed E-state index contributed by atoms with van der Waals surface area (Å²) in [6.07, 6.45) is 4.32. The van der Waals surface area contributed by atoms with Crippen LogP contribution in [0.25, 0.3) is 10.9 Å². The minimum Gasteiger partial charge on any atom is -0.372 e. The van der Waals surface area contributed by atoms with Gasteiger partial charge in [0.05, 0.1) is 47.2 Å². The van der Waals surface area contributed by atoms with Gasteiger partial charge in [0.2, 0.25) is 0 Å². The maximum atomic E-state index is 14.0. The molecule has 9 heteroatoms. The second-order valence-corrected chi connectivity index (χ2v) is 13.0. The molecule has 7 rings (SSSR count). The Kier molecular flexibility index (Phi) is 5.65. The summed E-state index contributed by atoms with van der Waals surface area (Å²) in [4.78, 5) is 25.1. The molecule has 38 heavy (non-hydrogen) atoms. The molecule has 2 aromatic heterocycles. The Balaban J connectivity index is 1.32. The van der Waals surface area contributed by atoms with Crippen molar-refractivity contribution < 1.29 is 17.9 Å². The molecule has 2 aliphatic heterocycles. The van der Waals surface area contributed by atoms with Crippen molar-refractivity contribution in [3.05, 3.63) is 92.8 Å². The van der Waals surface area contributed by atoms with Crippen molar-refractivity contribution in [2.24, 2.45) is 0 Å². The third kappa shape index (κ3) is 4.04. The summed E-state index contributed by atoms with van der Waals surface area (Å²) in [6.45, 7) is 1.26. The molecule has 4 aromatic rings. The van der Waals surface area contributed by atoms with Gasteiger partial charge in [0.15, 0.2) is 9.84 Å². The van der Waals surface area contributed by atoms with Crippen LogP contribution in [0.3, 0.4) is 0 Å². The van der Waals surface area contributed by atoms with E-state index in [1.807, 2.05) is 36.4 Å². The van der Waals surface area contributed by atoms with E-state index in [4.69, 9.17) is 9.72 Å². The fourth-order valence-corrected chi connectivity index (χ4v) is 7.80. The molecule has 0 atom stereocenters. The number of aryl methyl sites for hydroxylation is 1. The lowest BCUT2D eigenvalue weighted by atomic mass is 10.0. The fraction of sp³-hybridized carbons (Fsp3) is 0.276. The highest BCUT2D eigenvalue weighted by Gasteiger charge is 2.33. The highest BCUT2D eigenvalue weighted by molar-refractivity contribution is 9.10. The van der Waals surface area contributed by atoms with Crippen LogP contribution in [0, 0.1) is 0 Å². The number of carbonyl (C=O) groups is 1. The van der Waals surface area contributed by atoms with Gasteiger partial charge in [-0.05, 0) is 76.1 Å². The number of carbonyl (C=O) groups excluding carboxylic acids is 1. The number of fused-ring (bicyclic) bond motifs is 4. The van der Waals surface area contributed by atoms with E-state index in [0.29, 0.717) is 36.8 Å². The maximum Gasteiger partial charge on any atom is 0.260 e. The maximum absolute atomic E-state index is 14.0. The third-order valence-electron chi connectivity index (χ3n) is 7.64. The number of sulfone groups is 1. The summed E-state index contributed by atoms with van der Waals surface area (Å²) in [5, 5.41) is 1.02. The van der Waals surface area contributed by atoms with Gasteiger partial charge in [0, 0.05) is 28.8 Å². The lowest BCUT2D eigenvalue weighted by Crippen LogP contribution is -2.31. The van der Waals surface area contributed by atoms with Gasteiger partial charge in [-0.1, -0.05) is 24.3 Å². The SMILES string of the molecule is O=C(c1ccc(C2CC2)nc1)N(Cc1ccc2c3c(c(Br)nc2c1)COC3)c1cccc2c1S(=O)(=O)CC2. The number of amides is 1. The molecule has 192 valence electrons. The van der Waals surface area contributed by atoms with Crippen LogP contribution in [0.5, 0.6) is 0 Å². The zero-order chi connectivity index (χ0) is 26.0. The van der Waals surface area contributed by atoms with Crippen molar-refractivity contribution in [2.45, 2.75) is 49.8 Å². The van der Waals surface area contributed by atoms with Gasteiger partial charge >= 0.3 is 0 Å². The third-order valence-corrected chi connectivity index (χ3v) is 10.1. The molecule has 1 amide bonds. The second-order valence-electron chi connectivity index (χ2n) is 10.2. The number of halogens is 1. The molecule has 0 unspecified atom stereocenters. The largest absolute Gasteiger partial charge is 0.372 e. The molecule has 2 aromatic carbocycles. The van der Waals surface area contributed by atoms with E-state index in [2.05, 4.69) is 20.9 Å². The summed E-state index contributed by atoms with van der Waals surface area (Å²) in [6, 6.07) is 15.0. The number of aromatic nitrogens is 2. The van der Waals surface area contributed by atoms with Crippen LogP contribution in [0.1, 0.15) is 57.1 Å². The van der Waals surface area contributed by atoms with Gasteiger partial charge in [-0.15, -0.1) is 0 Å². The summed E-state index contributed by atoms with van der Waals surface area (Å²) >= 11 is 3.57. The topological polar surface area (TPSA) is 89.5 Å². The first-order chi connectivity index (χ1) is 18.4. The first-order valence-electron chi connectivity index (χ1n) is 12.7. The van der Waals surface area contributed by atoms with Crippen molar-refractivity contribution in [1.82, 2.24) is 9.97 Å². The fourth-order valence-electron chi connectivity index (χ4n) is 5.49. The molecular formula is C29H24BrN3O4S. The summed E-state index contributed by atoms with van der Waals surface area (Å²) in [7, 11) is -3.49. The van der Waals surface area contributed by atoms with Crippen LogP contribution in [0.4, 0.5) is 5.69 Å². The molecule has 1 saturated carbocycles. The quantitative estimate of drug-likeness (QED) is 0.286. The number of ether oxygens (including phenoxy) is 1. The van der Waals surface area contributed by atoms with Gasteiger partial charge in [-0.3, -0.25) is 9.78 Å². The Morgan fingerprint density at radius 2 is 1.92 bits per heavy atom. The molecule has 7 nitrogen and oxygen atoms in total. The standard InChI is InChI=1S/C29H24BrN3O4S/c30-28-23-16-37-15-22(23)21-8-4-17(12-25(21)32-28)14-33(26-3-1-2-19-10-11-38(35,36)27(19)26)29(34)20-7-9-24(31-13-20)18-5-6-18/h1-4,7-9,12-13,18H,5-6,10-11,14-16H2. The summed E-state index contributed by atoms with van der Waals surface area (Å²) < 4.78 is 32.5. The molecule has 1 fully saturated rings. The Morgan fingerprint density at radius 3 is 2.71 bits per heavy atom. The number of benzene rings is 2. The first kappa shape index (κ1) is 23.9. The predicted molar refractivity (Wildman–Crippen MR) is 147 cm³/mol. The van der Waals surface area contributed by atoms with Crippen molar-refractivity contribution in [3.8, 4) is 0 Å². The highest BCUT2D eigenvalue weighted by Crippen LogP contribution is 2.40. The first-order valence-corrected chi connectivity index (χ1v) is 15.1. The molecule has 0 spiro atoms. The molecule has 1 aliphatic carbocycles. The van der Waals surface area contributed by atoms with Crippen LogP contribution < -0.4 is 4.90 Å². The Labute approximate surface area is 228 Å². The molecule has 4 heterocycles. The van der Waals surface area contributed by atoms with Crippen molar-refractivity contribution in [1.29, 1.82) is 0 Å². The average Bonchev–Trinajstić information content (AvgIpc) is 3.56. The molecule has 0 N–H and O–H groups in total. The van der Waals surface area contributed by atoms with Crippen LogP contribution >= 0.6 is 15.9 Å². The Morgan fingerprint density at radius 1 is 1.08 bits per heavy atom. The minimum atomic E-state index is -3.49. The molecule has 0 radical (unpaired) electrons. The normalized spacial score (nSPS) is 17.4. The van der Waals surface area contributed by atoms with E-state index < -0.39 is 9.84 Å². The second kappa shape index (κ2) is 8.97. The molecular weight excluding hydrogens is 566 g/mol. The van der Waals surface area contributed by atoms with Gasteiger partial charge in [0.1, 0.15) is 4.60 Å². The molecule has 3 aliphatic rings. The monoisotopic (exact) mass is 589 g/mol. The van der Waals surface area contributed by atoms with E-state index in [1.54, 1.807) is 23.2 Å². The lowest BCUT2D eigenvalue weighted by Gasteiger charge is -2.25. The molecule has 0 saturated heterocycles. The van der Waals surface area contributed by atoms with Gasteiger partial charge in [-0.2, -0.15) is 0 Å². The van der Waals surface area contributed by atoms with Crippen molar-refractivity contribution in [3.63, 3.8) is 0 Å². The highest BCUT2D eigenvalue weighted by atomic mass is 79.9. The van der Waals surface area contributed by atoms with Crippen LogP contribution in [-0.2, 0) is 40.8 Å². The zero-order valence-electron chi connectivity index (χ0n) is 20.5. The van der Waals surface area contributed by atoms with Crippen LogP contribution in [-0.4, -0.2) is 30.0 Å². The Hall–Kier alpha value is -3.14. The van der Waals surface area contributed by atoms with Gasteiger partial charge in [-0.25, -0.2) is 13.4 Å². The van der Waals surface area contributed by atoms with Crippen molar-refractivity contribution in [2.75, 3.05) is 10.7 Å². The number of rotatable bonds is 5. The van der Waals surface area contributed by atoms with E-state index in [0.717, 1.165) is 56.3 Å².